The van der Waals surface area contributed by atoms with Crippen LogP contribution in [0.25, 0.3) is 10.8 Å². The Morgan fingerprint density at radius 2 is 1.77 bits per heavy atom. The van der Waals surface area contributed by atoms with Gasteiger partial charge in [-0.05, 0) is 79.1 Å². The number of carbonyl (C=O) groups excluding carboxylic acids is 1. The van der Waals surface area contributed by atoms with Crippen molar-refractivity contribution in [3.63, 3.8) is 0 Å². The van der Waals surface area contributed by atoms with Crippen molar-refractivity contribution in [1.82, 2.24) is 19.5 Å². The van der Waals surface area contributed by atoms with Gasteiger partial charge < -0.3 is 29.4 Å². The molecule has 5 rings (SSSR count). The Hall–Kier alpha value is -5.33. The zero-order valence-electron chi connectivity index (χ0n) is 26.9. The maximum absolute atomic E-state index is 12.1. The van der Waals surface area contributed by atoms with E-state index in [9.17, 15) is 14.7 Å². The molecule has 2 aromatic carbocycles. The van der Waals surface area contributed by atoms with E-state index in [2.05, 4.69) is 25.6 Å². The van der Waals surface area contributed by atoms with Gasteiger partial charge in [0.05, 0.1) is 13.2 Å². The third-order valence-electron chi connectivity index (χ3n) is 7.78. The van der Waals surface area contributed by atoms with Crippen LogP contribution in [0.1, 0.15) is 41.7 Å². The number of ether oxygens (including phenoxy) is 2. The summed E-state index contributed by atoms with van der Waals surface area (Å²) >= 11 is 0. The average molecular weight is 638 g/mol. The summed E-state index contributed by atoms with van der Waals surface area (Å²) in [6, 6.07) is 18.6. The van der Waals surface area contributed by atoms with Crippen molar-refractivity contribution >= 4 is 34.3 Å². The topological polar surface area (TPSA) is 144 Å². The van der Waals surface area contributed by atoms with Crippen molar-refractivity contribution in [1.29, 1.82) is 0 Å². The van der Waals surface area contributed by atoms with Gasteiger partial charge in [0, 0.05) is 49.6 Å². The van der Waals surface area contributed by atoms with Crippen molar-refractivity contribution in [3.8, 4) is 0 Å². The van der Waals surface area contributed by atoms with E-state index in [0.717, 1.165) is 38.6 Å². The summed E-state index contributed by atoms with van der Waals surface area (Å²) in [5, 5.41) is 18.9. The second-order valence-corrected chi connectivity index (χ2v) is 10.9. The zero-order chi connectivity index (χ0) is 33.3. The molecular formula is C35H39N7O5. The highest BCUT2D eigenvalue weighted by Crippen LogP contribution is 2.30. The number of anilines is 3. The van der Waals surface area contributed by atoms with E-state index < -0.39 is 12.5 Å². The van der Waals surface area contributed by atoms with Crippen LogP contribution in [-0.2, 0) is 29.1 Å². The number of hydrogen-bond acceptors (Lipinski definition) is 10. The minimum Gasteiger partial charge on any atom is -0.450 e. The number of amides is 1. The van der Waals surface area contributed by atoms with Gasteiger partial charge in [0.1, 0.15) is 23.8 Å². The largest absolute Gasteiger partial charge is 0.450 e. The van der Waals surface area contributed by atoms with E-state index in [1.165, 1.54) is 12.4 Å². The number of aliphatic hydroxyl groups excluding tert-OH is 1. The molecule has 0 aliphatic rings. The standard InChI is InChI=1S/C35H39N7O5/c1-5-46-34(44)40-33-28-17-23(3)29(24(4)27(28)14-15-36-33)19-37-30-18-31(39-22-38-30)42(35(45)47-6-2)21-26-12-10-25(11-13-26)20-41-16-8-7-9-32(41)43/h7-18,22,35,45H,5-6,19-21H2,1-4H3,(H,36,40,44)(H,37,38,39). The van der Waals surface area contributed by atoms with Crippen LogP contribution in [0, 0.1) is 13.8 Å². The summed E-state index contributed by atoms with van der Waals surface area (Å²) < 4.78 is 12.2. The van der Waals surface area contributed by atoms with Crippen LogP contribution < -0.4 is 21.1 Å². The van der Waals surface area contributed by atoms with Crippen LogP contribution >= 0.6 is 0 Å². The number of benzene rings is 2. The fraction of sp³-hybridized carbons (Fsp3) is 0.286. The molecular weight excluding hydrogens is 598 g/mol. The molecule has 0 saturated carbocycles. The molecule has 12 heteroatoms. The monoisotopic (exact) mass is 637 g/mol. The number of aromatic nitrogens is 4. The van der Waals surface area contributed by atoms with Gasteiger partial charge in [0.25, 0.3) is 5.56 Å². The van der Waals surface area contributed by atoms with Gasteiger partial charge in [-0.2, -0.15) is 0 Å². The molecule has 0 bridgehead atoms. The Morgan fingerprint density at radius 3 is 2.51 bits per heavy atom. The highest BCUT2D eigenvalue weighted by atomic mass is 16.6. The number of pyridine rings is 2. The molecule has 0 aliphatic carbocycles. The Balaban J connectivity index is 1.33. The smallest absolute Gasteiger partial charge is 0.412 e. The fourth-order valence-corrected chi connectivity index (χ4v) is 5.37. The molecule has 0 aliphatic heterocycles. The Bertz CT molecular complexity index is 1890. The molecule has 244 valence electrons. The van der Waals surface area contributed by atoms with E-state index in [1.54, 1.807) is 40.9 Å². The van der Waals surface area contributed by atoms with Crippen LogP contribution in [0.15, 0.2) is 84.2 Å². The number of carbonyl (C=O) groups is 1. The molecule has 47 heavy (non-hydrogen) atoms. The van der Waals surface area contributed by atoms with E-state index in [4.69, 9.17) is 9.47 Å². The predicted octanol–water partition coefficient (Wildman–Crippen LogP) is 5.35. The molecule has 0 fully saturated rings. The van der Waals surface area contributed by atoms with E-state index in [-0.39, 0.29) is 12.2 Å². The number of aryl methyl sites for hydroxylation is 2. The van der Waals surface area contributed by atoms with E-state index in [0.29, 0.717) is 43.7 Å². The molecule has 12 nitrogen and oxygen atoms in total. The summed E-state index contributed by atoms with van der Waals surface area (Å²) in [5.74, 6) is 1.50. The lowest BCUT2D eigenvalue weighted by Gasteiger charge is -2.28. The molecule has 3 heterocycles. The van der Waals surface area contributed by atoms with Gasteiger partial charge in [-0.15, -0.1) is 0 Å². The lowest BCUT2D eigenvalue weighted by Crippen LogP contribution is -2.37. The fourth-order valence-electron chi connectivity index (χ4n) is 5.37. The quantitative estimate of drug-likeness (QED) is 0.145. The third-order valence-corrected chi connectivity index (χ3v) is 7.78. The molecule has 1 atom stereocenters. The SMILES string of the molecule is CCOC(=O)Nc1nccc2c(C)c(CNc3cc(N(Cc4ccc(Cn5ccccc5=O)cc4)C(O)OCC)ncn3)c(C)cc12. The van der Waals surface area contributed by atoms with Crippen LogP contribution in [0.3, 0.4) is 0 Å². The lowest BCUT2D eigenvalue weighted by molar-refractivity contribution is -0.0960. The molecule has 1 amide bonds. The van der Waals surface area contributed by atoms with Gasteiger partial charge in [-0.25, -0.2) is 19.7 Å². The number of rotatable bonds is 13. The molecule has 0 saturated heterocycles. The zero-order valence-corrected chi connectivity index (χ0v) is 26.9. The molecule has 0 radical (unpaired) electrons. The van der Waals surface area contributed by atoms with Crippen molar-refractivity contribution in [2.45, 2.75) is 53.7 Å². The maximum atomic E-state index is 12.1. The van der Waals surface area contributed by atoms with Crippen LogP contribution in [0.4, 0.5) is 22.2 Å². The van der Waals surface area contributed by atoms with Gasteiger partial charge in [0.2, 0.25) is 6.41 Å². The summed E-state index contributed by atoms with van der Waals surface area (Å²) in [5.41, 5.74) is 4.99. The third kappa shape index (κ3) is 8.10. The normalized spacial score (nSPS) is 11.7. The highest BCUT2D eigenvalue weighted by molar-refractivity contribution is 6.00. The number of aliphatic hydroxyl groups is 1. The summed E-state index contributed by atoms with van der Waals surface area (Å²) in [6.07, 6.45) is 3.09. The Kier molecular flexibility index (Phi) is 10.8. The van der Waals surface area contributed by atoms with E-state index >= 15 is 0 Å². The van der Waals surface area contributed by atoms with Gasteiger partial charge >= 0.3 is 6.09 Å². The van der Waals surface area contributed by atoms with Crippen molar-refractivity contribution in [2.75, 3.05) is 28.7 Å². The van der Waals surface area contributed by atoms with Crippen molar-refractivity contribution in [3.05, 3.63) is 118 Å². The summed E-state index contributed by atoms with van der Waals surface area (Å²) in [7, 11) is 0. The maximum Gasteiger partial charge on any atom is 0.412 e. The molecule has 3 N–H and O–H groups in total. The predicted molar refractivity (Wildman–Crippen MR) is 181 cm³/mol. The number of nitrogens with zero attached hydrogens (tertiary/aromatic N) is 5. The van der Waals surface area contributed by atoms with E-state index in [1.807, 2.05) is 63.2 Å². The first kappa shape index (κ1) is 33.0. The second kappa shape index (κ2) is 15.3. The van der Waals surface area contributed by atoms with Gasteiger partial charge in [-0.3, -0.25) is 10.1 Å². The first-order valence-corrected chi connectivity index (χ1v) is 15.4. The van der Waals surface area contributed by atoms with Crippen molar-refractivity contribution in [2.24, 2.45) is 0 Å². The number of nitrogens with one attached hydrogen (secondary N) is 2. The van der Waals surface area contributed by atoms with Gasteiger partial charge in [-0.1, -0.05) is 30.3 Å². The number of hydrogen-bond donors (Lipinski definition) is 3. The Morgan fingerprint density at radius 1 is 0.979 bits per heavy atom. The number of fused-ring (bicyclic) bond motifs is 1. The minimum atomic E-state index is -1.23. The molecule has 1 unspecified atom stereocenters. The van der Waals surface area contributed by atoms with Gasteiger partial charge in [0.15, 0.2) is 0 Å². The second-order valence-electron chi connectivity index (χ2n) is 10.9. The molecule has 5 aromatic rings. The van der Waals surface area contributed by atoms with Crippen LogP contribution in [0.2, 0.25) is 0 Å². The first-order valence-electron chi connectivity index (χ1n) is 15.4. The Labute approximate surface area is 273 Å². The minimum absolute atomic E-state index is 0.0588. The molecule has 0 spiro atoms. The first-order chi connectivity index (χ1) is 22.8. The van der Waals surface area contributed by atoms with Crippen LogP contribution in [0.5, 0.6) is 0 Å². The van der Waals surface area contributed by atoms with Crippen LogP contribution in [-0.4, -0.2) is 50.3 Å². The lowest BCUT2D eigenvalue weighted by atomic mass is 9.96. The van der Waals surface area contributed by atoms with Crippen molar-refractivity contribution < 1.29 is 19.4 Å². The molecule has 3 aromatic heterocycles. The summed E-state index contributed by atoms with van der Waals surface area (Å²) in [6.45, 7) is 9.46. The summed E-state index contributed by atoms with van der Waals surface area (Å²) in [4.78, 5) is 39.0. The highest BCUT2D eigenvalue weighted by Gasteiger charge is 2.20. The average Bonchev–Trinajstić information content (AvgIpc) is 3.06.